The predicted octanol–water partition coefficient (Wildman–Crippen LogP) is 1.29. The summed E-state index contributed by atoms with van der Waals surface area (Å²) in [6.45, 7) is 2.05. The second kappa shape index (κ2) is 9.11. The molecule has 3 aliphatic rings. The maximum atomic E-state index is 13.5. The largest absolute Gasteiger partial charge is 0.349 e. The summed E-state index contributed by atoms with van der Waals surface area (Å²) in [5.74, 6) is -1.42. The lowest BCUT2D eigenvalue weighted by molar-refractivity contribution is -0.136. The van der Waals surface area contributed by atoms with Crippen LogP contribution in [0.15, 0.2) is 30.5 Å². The van der Waals surface area contributed by atoms with Gasteiger partial charge in [-0.05, 0) is 61.6 Å². The lowest BCUT2D eigenvalue weighted by Gasteiger charge is -2.36. The number of nitrogens with zero attached hydrogens (tertiary/aromatic N) is 4. The van der Waals surface area contributed by atoms with Gasteiger partial charge in [-0.1, -0.05) is 12.1 Å². The third-order valence-corrected chi connectivity index (χ3v) is 6.73. The summed E-state index contributed by atoms with van der Waals surface area (Å²) in [5.41, 5.74) is 1.22. The smallest absolute Gasteiger partial charge is 0.262 e. The van der Waals surface area contributed by atoms with Crippen molar-refractivity contribution < 1.29 is 19.2 Å². The lowest BCUT2D eigenvalue weighted by Crippen LogP contribution is -2.54. The summed E-state index contributed by atoms with van der Waals surface area (Å²) < 4.78 is 0. The van der Waals surface area contributed by atoms with E-state index in [0.29, 0.717) is 17.9 Å². The number of anilines is 1. The zero-order chi connectivity index (χ0) is 23.8. The molecule has 11 heteroatoms. The van der Waals surface area contributed by atoms with Crippen molar-refractivity contribution in [2.45, 2.75) is 44.3 Å². The highest BCUT2D eigenvalue weighted by Crippen LogP contribution is 2.32. The molecule has 0 radical (unpaired) electrons. The summed E-state index contributed by atoms with van der Waals surface area (Å²) in [7, 11) is 0. The van der Waals surface area contributed by atoms with Gasteiger partial charge in [0, 0.05) is 25.2 Å². The number of nitrogens with one attached hydrogen (secondary N) is 2. The molecule has 2 fully saturated rings. The van der Waals surface area contributed by atoms with Gasteiger partial charge in [0.05, 0.1) is 11.1 Å². The molecule has 2 saturated heterocycles. The molecular formula is C23H23ClN6O4. The third kappa shape index (κ3) is 4.03. The minimum absolute atomic E-state index is 0.0780. The van der Waals surface area contributed by atoms with Crippen LogP contribution in [0.2, 0.25) is 5.28 Å². The molecule has 34 heavy (non-hydrogen) atoms. The molecule has 0 bridgehead atoms. The molecule has 1 aromatic carbocycles. The minimum Gasteiger partial charge on any atom is -0.349 e. The molecule has 176 valence electrons. The van der Waals surface area contributed by atoms with Crippen molar-refractivity contribution in [2.75, 3.05) is 18.0 Å². The Morgan fingerprint density at radius 2 is 1.85 bits per heavy atom. The Balaban J connectivity index is 1.49. The van der Waals surface area contributed by atoms with Gasteiger partial charge in [-0.3, -0.25) is 29.4 Å². The fraction of sp³-hybridized carbons (Fsp3) is 0.391. The molecule has 1 atom stereocenters. The highest BCUT2D eigenvalue weighted by atomic mass is 35.5. The summed E-state index contributed by atoms with van der Waals surface area (Å²) in [5, 5.41) is 5.70. The van der Waals surface area contributed by atoms with Crippen LogP contribution in [0.5, 0.6) is 0 Å². The van der Waals surface area contributed by atoms with E-state index in [1.165, 1.54) is 0 Å². The molecule has 10 nitrogen and oxygen atoms in total. The van der Waals surface area contributed by atoms with Crippen LogP contribution < -0.4 is 15.5 Å². The van der Waals surface area contributed by atoms with Gasteiger partial charge in [-0.2, -0.15) is 0 Å². The van der Waals surface area contributed by atoms with Gasteiger partial charge in [-0.25, -0.2) is 9.97 Å². The van der Waals surface area contributed by atoms with Crippen molar-refractivity contribution in [1.29, 1.82) is 0 Å². The summed E-state index contributed by atoms with van der Waals surface area (Å²) in [6.07, 6.45) is 3.55. The van der Waals surface area contributed by atoms with Crippen LogP contribution >= 0.6 is 11.6 Å². The van der Waals surface area contributed by atoms with Gasteiger partial charge >= 0.3 is 0 Å². The standard InChI is InChI=1S/C23H23ClN6O4/c24-23-26-11-8-17(27-23)29(14-6-9-25-10-7-14)12-13-2-1-3-15-19(13)22(34)30(21(15)33)16-4-5-18(31)28-20(16)32/h1-3,8,11,14,16,25H,4-7,9-10,12H2,(H,28,31,32). The van der Waals surface area contributed by atoms with E-state index < -0.39 is 29.7 Å². The maximum Gasteiger partial charge on any atom is 0.262 e. The number of imide groups is 2. The van der Waals surface area contributed by atoms with Gasteiger partial charge in [0.2, 0.25) is 17.1 Å². The average molecular weight is 483 g/mol. The number of aromatic nitrogens is 2. The summed E-state index contributed by atoms with van der Waals surface area (Å²) >= 11 is 6.07. The number of amides is 4. The van der Waals surface area contributed by atoms with E-state index in [0.717, 1.165) is 30.8 Å². The first-order valence-corrected chi connectivity index (χ1v) is 11.6. The molecule has 1 unspecified atom stereocenters. The van der Waals surface area contributed by atoms with E-state index in [4.69, 9.17) is 11.6 Å². The van der Waals surface area contributed by atoms with Crippen LogP contribution in [0.4, 0.5) is 5.82 Å². The van der Waals surface area contributed by atoms with Crippen LogP contribution in [0.3, 0.4) is 0 Å². The van der Waals surface area contributed by atoms with Crippen molar-refractivity contribution in [3.63, 3.8) is 0 Å². The second-order valence-corrected chi connectivity index (χ2v) is 8.92. The number of hydrogen-bond donors (Lipinski definition) is 2. The average Bonchev–Trinajstić information content (AvgIpc) is 3.09. The number of carbonyl (C=O) groups is 4. The Morgan fingerprint density at radius 1 is 1.06 bits per heavy atom. The third-order valence-electron chi connectivity index (χ3n) is 6.55. The Kier molecular flexibility index (Phi) is 6.01. The first-order chi connectivity index (χ1) is 16.4. The van der Waals surface area contributed by atoms with Crippen molar-refractivity contribution in [3.8, 4) is 0 Å². The van der Waals surface area contributed by atoms with Crippen LogP contribution in [-0.4, -0.2) is 63.7 Å². The van der Waals surface area contributed by atoms with Gasteiger partial charge in [0.25, 0.3) is 11.8 Å². The molecule has 0 saturated carbocycles. The predicted molar refractivity (Wildman–Crippen MR) is 122 cm³/mol. The number of benzene rings is 1. The monoisotopic (exact) mass is 482 g/mol. The summed E-state index contributed by atoms with van der Waals surface area (Å²) in [4.78, 5) is 62.0. The van der Waals surface area contributed by atoms with Crippen molar-refractivity contribution in [3.05, 3.63) is 52.4 Å². The van der Waals surface area contributed by atoms with Crippen LogP contribution in [0.1, 0.15) is 52.0 Å². The number of halogens is 1. The highest BCUT2D eigenvalue weighted by molar-refractivity contribution is 6.28. The summed E-state index contributed by atoms with van der Waals surface area (Å²) in [6, 6.07) is 6.08. The van der Waals surface area contributed by atoms with E-state index in [2.05, 4.69) is 25.5 Å². The Morgan fingerprint density at radius 3 is 2.59 bits per heavy atom. The van der Waals surface area contributed by atoms with Crippen LogP contribution in [0.25, 0.3) is 0 Å². The van der Waals surface area contributed by atoms with Gasteiger partial charge in [-0.15, -0.1) is 0 Å². The van der Waals surface area contributed by atoms with Crippen LogP contribution in [0, 0.1) is 0 Å². The van der Waals surface area contributed by atoms with E-state index in [9.17, 15) is 19.2 Å². The lowest BCUT2D eigenvalue weighted by atomic mass is 9.99. The van der Waals surface area contributed by atoms with Crippen molar-refractivity contribution in [1.82, 2.24) is 25.5 Å². The Hall–Kier alpha value is -3.37. The molecule has 1 aromatic heterocycles. The Bertz CT molecular complexity index is 1180. The fourth-order valence-electron chi connectivity index (χ4n) is 4.90. The van der Waals surface area contributed by atoms with Gasteiger partial charge in [0.1, 0.15) is 11.9 Å². The minimum atomic E-state index is -1.00. The molecule has 3 aliphatic heterocycles. The number of carbonyl (C=O) groups excluding carboxylic acids is 4. The van der Waals surface area contributed by atoms with Gasteiger partial charge in [0.15, 0.2) is 0 Å². The molecular weight excluding hydrogens is 460 g/mol. The normalized spacial score (nSPS) is 21.0. The topological polar surface area (TPSA) is 125 Å². The van der Waals surface area contributed by atoms with Crippen molar-refractivity contribution >= 4 is 41.0 Å². The van der Waals surface area contributed by atoms with Gasteiger partial charge < -0.3 is 10.2 Å². The first-order valence-electron chi connectivity index (χ1n) is 11.2. The second-order valence-electron chi connectivity index (χ2n) is 8.58. The fourth-order valence-corrected chi connectivity index (χ4v) is 5.04. The highest BCUT2D eigenvalue weighted by Gasteiger charge is 2.45. The number of fused-ring (bicyclic) bond motifs is 1. The molecule has 2 N–H and O–H groups in total. The molecule has 2 aromatic rings. The quantitative estimate of drug-likeness (QED) is 0.482. The van der Waals surface area contributed by atoms with E-state index in [-0.39, 0.29) is 35.3 Å². The maximum absolute atomic E-state index is 13.5. The molecule has 5 rings (SSSR count). The Labute approximate surface area is 200 Å². The van der Waals surface area contributed by atoms with Crippen LogP contribution in [-0.2, 0) is 16.1 Å². The van der Waals surface area contributed by atoms with Crippen molar-refractivity contribution in [2.24, 2.45) is 0 Å². The zero-order valence-electron chi connectivity index (χ0n) is 18.3. The number of rotatable bonds is 5. The number of piperidine rings is 2. The first kappa shape index (κ1) is 22.4. The van der Waals surface area contributed by atoms with E-state index in [1.54, 1.807) is 24.4 Å². The number of hydrogen-bond acceptors (Lipinski definition) is 8. The molecule has 4 heterocycles. The molecule has 0 aliphatic carbocycles. The zero-order valence-corrected chi connectivity index (χ0v) is 19.0. The van der Waals surface area contributed by atoms with E-state index in [1.807, 2.05) is 6.07 Å². The van der Waals surface area contributed by atoms with E-state index >= 15 is 0 Å². The SMILES string of the molecule is O=C1CCC(N2C(=O)c3cccc(CN(c4ccnc(Cl)n4)C4CCNCC4)c3C2=O)C(=O)N1. The molecule has 0 spiro atoms. The molecule has 4 amide bonds.